The van der Waals surface area contributed by atoms with E-state index in [0.717, 1.165) is 39.4 Å². The van der Waals surface area contributed by atoms with E-state index in [0.29, 0.717) is 6.04 Å². The minimum absolute atomic E-state index is 0.0601. The molecule has 0 aromatic carbocycles. The van der Waals surface area contributed by atoms with Gasteiger partial charge >= 0.3 is 0 Å². The lowest BCUT2D eigenvalue weighted by Crippen LogP contribution is -2.59. The monoisotopic (exact) mass is 215 g/mol. The van der Waals surface area contributed by atoms with Crippen molar-refractivity contribution in [3.05, 3.63) is 0 Å². The number of likely N-dealkylation sites (N-methyl/N-ethyl adjacent to an activating group) is 1. The van der Waals surface area contributed by atoms with Crippen LogP contribution in [0.2, 0.25) is 0 Å². The minimum atomic E-state index is 0.0601. The fourth-order valence-corrected chi connectivity index (χ4v) is 1.60. The Kier molecular flexibility index (Phi) is 5.60. The summed E-state index contributed by atoms with van der Waals surface area (Å²) in [7, 11) is 1.91. The molecule has 0 aliphatic carbocycles. The second kappa shape index (κ2) is 6.76. The van der Waals surface area contributed by atoms with Crippen molar-refractivity contribution in [2.45, 2.75) is 13.0 Å². The van der Waals surface area contributed by atoms with Crippen molar-refractivity contribution in [2.75, 3.05) is 46.4 Å². The fraction of sp³-hybridized carbons (Fsp3) is 0.900. The first-order valence-electron chi connectivity index (χ1n) is 5.44. The van der Waals surface area contributed by atoms with Gasteiger partial charge in [-0.05, 0) is 7.05 Å². The van der Waals surface area contributed by atoms with Crippen molar-refractivity contribution in [3.8, 4) is 0 Å². The van der Waals surface area contributed by atoms with Crippen LogP contribution in [0.15, 0.2) is 0 Å². The van der Waals surface area contributed by atoms with Gasteiger partial charge in [0.25, 0.3) is 0 Å². The van der Waals surface area contributed by atoms with Crippen molar-refractivity contribution in [3.63, 3.8) is 0 Å². The van der Waals surface area contributed by atoms with E-state index < -0.39 is 0 Å². The summed E-state index contributed by atoms with van der Waals surface area (Å²) in [4.78, 5) is 13.0. The number of amides is 1. The molecule has 5 nitrogen and oxygen atoms in total. The zero-order valence-electron chi connectivity index (χ0n) is 9.58. The number of nitrogens with one attached hydrogen (secondary N) is 2. The van der Waals surface area contributed by atoms with Gasteiger partial charge in [0, 0.05) is 33.1 Å². The summed E-state index contributed by atoms with van der Waals surface area (Å²) in [5, 5.41) is 5.91. The molecule has 0 saturated carbocycles. The highest BCUT2D eigenvalue weighted by Crippen LogP contribution is 2.06. The Labute approximate surface area is 91.2 Å². The van der Waals surface area contributed by atoms with Gasteiger partial charge in [-0.3, -0.25) is 9.69 Å². The topological polar surface area (TPSA) is 53.6 Å². The Bertz CT molecular complexity index is 193. The molecule has 15 heavy (non-hydrogen) atoms. The van der Waals surface area contributed by atoms with E-state index in [1.165, 1.54) is 0 Å². The number of likely N-dealkylation sites (tertiary alicyclic amines) is 1. The molecular formula is C10H21N3O2. The lowest BCUT2D eigenvalue weighted by atomic mass is 10.1. The maximum Gasteiger partial charge on any atom is 0.217 e. The van der Waals surface area contributed by atoms with E-state index in [4.69, 9.17) is 4.74 Å². The van der Waals surface area contributed by atoms with Crippen LogP contribution in [0, 0.1) is 0 Å². The molecule has 1 heterocycles. The zero-order valence-corrected chi connectivity index (χ0v) is 9.58. The SMILES string of the molecule is CNCCOCCN1CC(NC(C)=O)C1. The van der Waals surface area contributed by atoms with E-state index in [-0.39, 0.29) is 5.91 Å². The average Bonchev–Trinajstić information content (AvgIpc) is 2.12. The van der Waals surface area contributed by atoms with Gasteiger partial charge in [0.2, 0.25) is 5.91 Å². The van der Waals surface area contributed by atoms with Gasteiger partial charge in [-0.1, -0.05) is 0 Å². The Morgan fingerprint density at radius 3 is 2.80 bits per heavy atom. The molecule has 1 aliphatic heterocycles. The molecule has 0 spiro atoms. The van der Waals surface area contributed by atoms with Crippen LogP contribution < -0.4 is 10.6 Å². The van der Waals surface area contributed by atoms with Crippen LogP contribution in [0.4, 0.5) is 0 Å². The number of carbonyl (C=O) groups excluding carboxylic acids is 1. The molecule has 2 N–H and O–H groups in total. The molecule has 0 aromatic rings. The van der Waals surface area contributed by atoms with Gasteiger partial charge in [-0.2, -0.15) is 0 Å². The lowest BCUT2D eigenvalue weighted by molar-refractivity contribution is -0.120. The van der Waals surface area contributed by atoms with Crippen LogP contribution in [0.25, 0.3) is 0 Å². The van der Waals surface area contributed by atoms with Gasteiger partial charge in [0.1, 0.15) is 0 Å². The molecule has 0 unspecified atom stereocenters. The van der Waals surface area contributed by atoms with Crippen molar-refractivity contribution < 1.29 is 9.53 Å². The largest absolute Gasteiger partial charge is 0.379 e. The molecule has 5 heteroatoms. The van der Waals surface area contributed by atoms with Gasteiger partial charge in [-0.15, -0.1) is 0 Å². The molecule has 1 fully saturated rings. The van der Waals surface area contributed by atoms with Crippen LogP contribution in [0.1, 0.15) is 6.92 Å². The number of hydrogen-bond donors (Lipinski definition) is 2. The third-order valence-corrected chi connectivity index (χ3v) is 2.41. The molecule has 0 aromatic heterocycles. The molecule has 0 radical (unpaired) electrons. The smallest absolute Gasteiger partial charge is 0.217 e. The fourth-order valence-electron chi connectivity index (χ4n) is 1.60. The standard InChI is InChI=1S/C10H21N3O2/c1-9(14)12-10-7-13(8-10)4-6-15-5-3-11-2/h10-11H,3-8H2,1-2H3,(H,12,14). The Hall–Kier alpha value is -0.650. The lowest BCUT2D eigenvalue weighted by Gasteiger charge is -2.39. The molecule has 1 rings (SSSR count). The number of carbonyl (C=O) groups is 1. The molecule has 0 bridgehead atoms. The van der Waals surface area contributed by atoms with Gasteiger partial charge in [0.15, 0.2) is 0 Å². The van der Waals surface area contributed by atoms with E-state index in [2.05, 4.69) is 15.5 Å². The zero-order chi connectivity index (χ0) is 11.1. The quantitative estimate of drug-likeness (QED) is 0.537. The molecule has 1 aliphatic rings. The Morgan fingerprint density at radius 1 is 1.47 bits per heavy atom. The van der Waals surface area contributed by atoms with Crippen molar-refractivity contribution in [1.82, 2.24) is 15.5 Å². The predicted octanol–water partition coefficient (Wildman–Crippen LogP) is -0.957. The average molecular weight is 215 g/mol. The number of nitrogens with zero attached hydrogens (tertiary/aromatic N) is 1. The Balaban J connectivity index is 1.87. The predicted molar refractivity (Wildman–Crippen MR) is 58.8 cm³/mol. The van der Waals surface area contributed by atoms with Crippen molar-refractivity contribution in [2.24, 2.45) is 0 Å². The third kappa shape index (κ3) is 5.11. The molecule has 0 atom stereocenters. The van der Waals surface area contributed by atoms with E-state index in [1.54, 1.807) is 6.92 Å². The van der Waals surface area contributed by atoms with Crippen molar-refractivity contribution >= 4 is 5.91 Å². The normalized spacial score (nSPS) is 17.5. The highest BCUT2D eigenvalue weighted by molar-refractivity contribution is 5.73. The molecule has 1 saturated heterocycles. The molecule has 1 amide bonds. The highest BCUT2D eigenvalue weighted by Gasteiger charge is 2.26. The summed E-state index contributed by atoms with van der Waals surface area (Å²) < 4.78 is 5.41. The summed E-state index contributed by atoms with van der Waals surface area (Å²) >= 11 is 0. The van der Waals surface area contributed by atoms with Crippen molar-refractivity contribution in [1.29, 1.82) is 0 Å². The maximum atomic E-state index is 10.7. The van der Waals surface area contributed by atoms with Crippen LogP contribution in [0.5, 0.6) is 0 Å². The first kappa shape index (κ1) is 12.4. The maximum absolute atomic E-state index is 10.7. The van der Waals surface area contributed by atoms with Gasteiger partial charge < -0.3 is 15.4 Å². The first-order chi connectivity index (χ1) is 7.22. The van der Waals surface area contributed by atoms with Crippen LogP contribution in [-0.4, -0.2) is 63.3 Å². The van der Waals surface area contributed by atoms with E-state index in [1.807, 2.05) is 7.05 Å². The van der Waals surface area contributed by atoms with Crippen LogP contribution in [-0.2, 0) is 9.53 Å². The van der Waals surface area contributed by atoms with E-state index in [9.17, 15) is 4.79 Å². The molecule has 88 valence electrons. The first-order valence-corrected chi connectivity index (χ1v) is 5.44. The number of ether oxygens (including phenoxy) is 1. The summed E-state index contributed by atoms with van der Waals surface area (Å²) in [5.74, 6) is 0.0601. The third-order valence-electron chi connectivity index (χ3n) is 2.41. The second-order valence-electron chi connectivity index (χ2n) is 3.87. The summed E-state index contributed by atoms with van der Waals surface area (Å²) in [6, 6.07) is 0.347. The van der Waals surface area contributed by atoms with Gasteiger partial charge in [0.05, 0.1) is 19.3 Å². The highest BCUT2D eigenvalue weighted by atomic mass is 16.5. The summed E-state index contributed by atoms with van der Waals surface area (Å²) in [6.07, 6.45) is 0. The number of hydrogen-bond acceptors (Lipinski definition) is 4. The minimum Gasteiger partial charge on any atom is -0.379 e. The van der Waals surface area contributed by atoms with Crippen LogP contribution >= 0.6 is 0 Å². The Morgan fingerprint density at radius 2 is 2.20 bits per heavy atom. The number of rotatable bonds is 7. The summed E-state index contributed by atoms with van der Waals surface area (Å²) in [6.45, 7) is 6.86. The summed E-state index contributed by atoms with van der Waals surface area (Å²) in [5.41, 5.74) is 0. The van der Waals surface area contributed by atoms with Gasteiger partial charge in [-0.25, -0.2) is 0 Å². The second-order valence-corrected chi connectivity index (χ2v) is 3.87. The molecular weight excluding hydrogens is 194 g/mol. The van der Waals surface area contributed by atoms with Crippen LogP contribution in [0.3, 0.4) is 0 Å². The van der Waals surface area contributed by atoms with E-state index >= 15 is 0 Å².